The number of hydrogen-bond acceptors (Lipinski definition) is 4. The molecule has 1 aliphatic rings. The summed E-state index contributed by atoms with van der Waals surface area (Å²) in [6, 6.07) is -1.53. The van der Waals surface area contributed by atoms with Crippen molar-refractivity contribution in [1.82, 2.24) is 10.6 Å². The van der Waals surface area contributed by atoms with Crippen LogP contribution < -0.4 is 10.6 Å². The maximum Gasteiger partial charge on any atom is 0.328 e. The van der Waals surface area contributed by atoms with E-state index >= 15 is 0 Å². The smallest absolute Gasteiger partial charge is 0.328 e. The minimum atomic E-state index is -1.22. The first-order valence-electron chi connectivity index (χ1n) is 5.02. The minimum absolute atomic E-state index is 0.327. The molecule has 0 spiro atoms. The number of carbonyl (C=O) groups is 2. The van der Waals surface area contributed by atoms with Crippen molar-refractivity contribution < 1.29 is 19.8 Å². The Morgan fingerprint density at radius 3 is 2.67 bits per heavy atom. The maximum atomic E-state index is 11.5. The van der Waals surface area contributed by atoms with E-state index in [1.54, 1.807) is 0 Å². The van der Waals surface area contributed by atoms with Gasteiger partial charge in [0.2, 0.25) is 5.91 Å². The number of aliphatic hydroxyl groups is 1. The van der Waals surface area contributed by atoms with Crippen molar-refractivity contribution in [3.05, 3.63) is 0 Å². The second-order valence-electron chi connectivity index (χ2n) is 3.58. The first-order valence-corrected chi connectivity index (χ1v) is 5.02. The third kappa shape index (κ3) is 3.49. The molecule has 15 heavy (non-hydrogen) atoms. The maximum absolute atomic E-state index is 11.5. The van der Waals surface area contributed by atoms with Gasteiger partial charge in [0.05, 0.1) is 12.6 Å². The lowest BCUT2D eigenvalue weighted by molar-refractivity contribution is -0.143. The van der Waals surface area contributed by atoms with Crippen LogP contribution in [0.1, 0.15) is 19.3 Å². The van der Waals surface area contributed by atoms with Gasteiger partial charge in [0.25, 0.3) is 0 Å². The van der Waals surface area contributed by atoms with Crippen LogP contribution in [0.2, 0.25) is 0 Å². The molecule has 86 valence electrons. The summed E-state index contributed by atoms with van der Waals surface area (Å²) in [6.07, 6.45) is 2.71. The molecular formula is C9H16N2O4. The van der Waals surface area contributed by atoms with E-state index in [2.05, 4.69) is 10.6 Å². The summed E-state index contributed by atoms with van der Waals surface area (Å²) in [5.41, 5.74) is 0. The first kappa shape index (κ1) is 11.9. The second-order valence-corrected chi connectivity index (χ2v) is 3.58. The van der Waals surface area contributed by atoms with Crippen LogP contribution in [0, 0.1) is 0 Å². The van der Waals surface area contributed by atoms with Crippen molar-refractivity contribution in [3.63, 3.8) is 0 Å². The Morgan fingerprint density at radius 2 is 2.20 bits per heavy atom. The lowest BCUT2D eigenvalue weighted by atomic mass is 10.0. The van der Waals surface area contributed by atoms with Gasteiger partial charge in [-0.1, -0.05) is 6.42 Å². The van der Waals surface area contributed by atoms with Crippen LogP contribution in [0.4, 0.5) is 0 Å². The van der Waals surface area contributed by atoms with E-state index in [1.165, 1.54) is 0 Å². The van der Waals surface area contributed by atoms with Gasteiger partial charge in [0.15, 0.2) is 0 Å². The van der Waals surface area contributed by atoms with Crippen LogP contribution in [-0.2, 0) is 9.59 Å². The van der Waals surface area contributed by atoms with Crippen molar-refractivity contribution >= 4 is 11.9 Å². The van der Waals surface area contributed by atoms with E-state index in [4.69, 9.17) is 10.2 Å². The molecule has 4 N–H and O–H groups in total. The Balaban J connectivity index is 2.42. The number of rotatable bonds is 4. The molecule has 0 unspecified atom stereocenters. The molecule has 1 saturated heterocycles. The molecular weight excluding hydrogens is 200 g/mol. The Bertz CT molecular complexity index is 238. The van der Waals surface area contributed by atoms with E-state index in [1.807, 2.05) is 0 Å². The molecule has 6 heteroatoms. The second kappa shape index (κ2) is 5.67. The molecule has 0 aromatic heterocycles. The molecule has 0 radical (unpaired) electrons. The summed E-state index contributed by atoms with van der Waals surface area (Å²) >= 11 is 0. The fraction of sp³-hybridized carbons (Fsp3) is 0.778. The molecule has 0 bridgehead atoms. The summed E-state index contributed by atoms with van der Waals surface area (Å²) in [6.45, 7) is 0.183. The van der Waals surface area contributed by atoms with Gasteiger partial charge >= 0.3 is 5.97 Å². The van der Waals surface area contributed by atoms with Crippen LogP contribution in [0.3, 0.4) is 0 Å². The Kier molecular flexibility index (Phi) is 4.51. The Labute approximate surface area is 87.7 Å². The van der Waals surface area contributed by atoms with Crippen LogP contribution in [0.5, 0.6) is 0 Å². The fourth-order valence-electron chi connectivity index (χ4n) is 1.53. The molecule has 1 rings (SSSR count). The zero-order valence-corrected chi connectivity index (χ0v) is 8.40. The number of carboxylic acids is 1. The summed E-state index contributed by atoms with van der Waals surface area (Å²) in [5, 5.41) is 22.6. The van der Waals surface area contributed by atoms with Crippen LogP contribution in [0.25, 0.3) is 0 Å². The normalized spacial score (nSPS) is 23.1. The zero-order chi connectivity index (χ0) is 11.3. The predicted octanol–water partition coefficient (Wildman–Crippen LogP) is -1.31. The van der Waals surface area contributed by atoms with Gasteiger partial charge in [-0.15, -0.1) is 0 Å². The Hall–Kier alpha value is -1.14. The molecule has 2 atom stereocenters. The molecule has 1 heterocycles. The van der Waals surface area contributed by atoms with Crippen LogP contribution >= 0.6 is 0 Å². The Morgan fingerprint density at radius 1 is 1.47 bits per heavy atom. The number of piperidine rings is 1. The summed E-state index contributed by atoms with van der Waals surface area (Å²) in [5.74, 6) is -1.57. The molecule has 1 aliphatic heterocycles. The first-order chi connectivity index (χ1) is 7.15. The number of carbonyl (C=O) groups excluding carboxylic acids is 1. The SMILES string of the molecule is O=C(O)[C@@H](CO)NC(=O)[C@H]1CCCCN1. The lowest BCUT2D eigenvalue weighted by Gasteiger charge is -2.23. The molecule has 0 aromatic rings. The standard InChI is InChI=1S/C9H16N2O4/c12-5-7(9(14)15)11-8(13)6-3-1-2-4-10-6/h6-7,10,12H,1-5H2,(H,11,13)(H,14,15)/t6-,7-/m1/s1. The fourth-order valence-corrected chi connectivity index (χ4v) is 1.53. The molecule has 0 saturated carbocycles. The van der Waals surface area contributed by atoms with Gasteiger partial charge < -0.3 is 20.8 Å². The van der Waals surface area contributed by atoms with E-state index in [9.17, 15) is 9.59 Å². The van der Waals surface area contributed by atoms with Gasteiger partial charge in [-0.05, 0) is 19.4 Å². The van der Waals surface area contributed by atoms with Gasteiger partial charge in [-0.3, -0.25) is 4.79 Å². The molecule has 1 fully saturated rings. The third-order valence-corrected chi connectivity index (χ3v) is 2.42. The van der Waals surface area contributed by atoms with Gasteiger partial charge in [0.1, 0.15) is 6.04 Å². The number of nitrogens with one attached hydrogen (secondary N) is 2. The quantitative estimate of drug-likeness (QED) is 0.467. The van der Waals surface area contributed by atoms with E-state index in [0.29, 0.717) is 6.42 Å². The van der Waals surface area contributed by atoms with Gasteiger partial charge in [-0.25, -0.2) is 4.79 Å². The lowest BCUT2D eigenvalue weighted by Crippen LogP contribution is -2.52. The summed E-state index contributed by atoms with van der Waals surface area (Å²) in [7, 11) is 0. The molecule has 0 aromatic carbocycles. The van der Waals surface area contributed by atoms with Gasteiger partial charge in [-0.2, -0.15) is 0 Å². The van der Waals surface area contributed by atoms with Crippen molar-refractivity contribution in [3.8, 4) is 0 Å². The van der Waals surface area contributed by atoms with Crippen LogP contribution in [0.15, 0.2) is 0 Å². The van der Waals surface area contributed by atoms with Crippen LogP contribution in [-0.4, -0.2) is 47.3 Å². The summed E-state index contributed by atoms with van der Waals surface area (Å²) in [4.78, 5) is 22.1. The highest BCUT2D eigenvalue weighted by atomic mass is 16.4. The van der Waals surface area contributed by atoms with Crippen molar-refractivity contribution in [2.24, 2.45) is 0 Å². The zero-order valence-electron chi connectivity index (χ0n) is 8.40. The van der Waals surface area contributed by atoms with E-state index in [-0.39, 0.29) is 11.9 Å². The monoisotopic (exact) mass is 216 g/mol. The van der Waals surface area contributed by atoms with E-state index < -0.39 is 18.6 Å². The average molecular weight is 216 g/mol. The number of hydrogen-bond donors (Lipinski definition) is 4. The topological polar surface area (TPSA) is 98.7 Å². The molecule has 0 aliphatic carbocycles. The number of carboxylic acid groups (broad SMARTS) is 1. The number of amides is 1. The van der Waals surface area contributed by atoms with Crippen molar-refractivity contribution in [2.45, 2.75) is 31.3 Å². The van der Waals surface area contributed by atoms with Crippen molar-refractivity contribution in [1.29, 1.82) is 0 Å². The number of aliphatic hydroxyl groups excluding tert-OH is 1. The summed E-state index contributed by atoms with van der Waals surface area (Å²) < 4.78 is 0. The highest BCUT2D eigenvalue weighted by molar-refractivity contribution is 5.87. The number of aliphatic carboxylic acids is 1. The molecule has 1 amide bonds. The highest BCUT2D eigenvalue weighted by Crippen LogP contribution is 2.06. The minimum Gasteiger partial charge on any atom is -0.480 e. The van der Waals surface area contributed by atoms with Crippen molar-refractivity contribution in [2.75, 3.05) is 13.2 Å². The molecule has 6 nitrogen and oxygen atoms in total. The third-order valence-electron chi connectivity index (χ3n) is 2.42. The highest BCUT2D eigenvalue weighted by Gasteiger charge is 2.25. The van der Waals surface area contributed by atoms with E-state index in [0.717, 1.165) is 19.4 Å². The van der Waals surface area contributed by atoms with Gasteiger partial charge in [0, 0.05) is 0 Å². The average Bonchev–Trinajstić information content (AvgIpc) is 2.26. The largest absolute Gasteiger partial charge is 0.480 e. The predicted molar refractivity (Wildman–Crippen MR) is 52.3 cm³/mol.